The molecule has 1 saturated heterocycles. The molecule has 0 aliphatic carbocycles. The summed E-state index contributed by atoms with van der Waals surface area (Å²) in [5, 5.41) is 7.70. The molecule has 2 aromatic rings. The van der Waals surface area contributed by atoms with Crippen LogP contribution in [0.5, 0.6) is 0 Å². The first-order valence-corrected chi connectivity index (χ1v) is 8.19. The summed E-state index contributed by atoms with van der Waals surface area (Å²) in [4.78, 5) is 14.7. The first-order chi connectivity index (χ1) is 10.6. The van der Waals surface area contributed by atoms with E-state index in [2.05, 4.69) is 33.3 Å². The number of benzene rings is 1. The fourth-order valence-electron chi connectivity index (χ4n) is 2.79. The monoisotopic (exact) mass is 362 g/mol. The molecular formula is C16H19BrN4O. The largest absolute Gasteiger partial charge is 0.333 e. The molecule has 0 radical (unpaired) electrons. The highest BCUT2D eigenvalue weighted by atomic mass is 79.9. The molecule has 1 amide bonds. The minimum Gasteiger partial charge on any atom is -0.333 e. The maximum atomic E-state index is 12.8. The fraction of sp³-hybridized carbons (Fsp3) is 0.375. The van der Waals surface area contributed by atoms with E-state index in [-0.39, 0.29) is 11.9 Å². The Hall–Kier alpha value is -1.66. The van der Waals surface area contributed by atoms with E-state index in [1.807, 2.05) is 40.8 Å². The summed E-state index contributed by atoms with van der Waals surface area (Å²) in [6.07, 6.45) is 1.67. The van der Waals surface area contributed by atoms with Crippen molar-refractivity contribution in [3.8, 4) is 5.69 Å². The molecule has 3 rings (SSSR count). The maximum absolute atomic E-state index is 12.8. The fourth-order valence-corrected chi connectivity index (χ4v) is 3.17. The minimum atomic E-state index is 0.0627. The molecule has 1 atom stereocenters. The van der Waals surface area contributed by atoms with Gasteiger partial charge >= 0.3 is 0 Å². The van der Waals surface area contributed by atoms with Crippen LogP contribution in [0.3, 0.4) is 0 Å². The molecule has 1 N–H and O–H groups in total. The Morgan fingerprint density at radius 1 is 1.45 bits per heavy atom. The van der Waals surface area contributed by atoms with Crippen LogP contribution in [0.2, 0.25) is 0 Å². The van der Waals surface area contributed by atoms with Crippen LogP contribution >= 0.6 is 15.9 Å². The Kier molecular flexibility index (Phi) is 4.31. The summed E-state index contributed by atoms with van der Waals surface area (Å²) >= 11 is 3.47. The smallest absolute Gasteiger partial charge is 0.257 e. The molecule has 22 heavy (non-hydrogen) atoms. The lowest BCUT2D eigenvalue weighted by Gasteiger charge is -2.33. The average molecular weight is 363 g/mol. The maximum Gasteiger partial charge on any atom is 0.257 e. The highest BCUT2D eigenvalue weighted by molar-refractivity contribution is 9.10. The van der Waals surface area contributed by atoms with Gasteiger partial charge in [-0.15, -0.1) is 0 Å². The zero-order valence-corrected chi connectivity index (χ0v) is 14.3. The molecule has 0 bridgehead atoms. The van der Waals surface area contributed by atoms with Crippen LogP contribution in [0.15, 0.2) is 34.9 Å². The van der Waals surface area contributed by atoms with Crippen LogP contribution < -0.4 is 5.32 Å². The summed E-state index contributed by atoms with van der Waals surface area (Å²) in [6, 6.07) is 8.10. The predicted octanol–water partition coefficient (Wildman–Crippen LogP) is 2.38. The highest BCUT2D eigenvalue weighted by Crippen LogP contribution is 2.20. The van der Waals surface area contributed by atoms with E-state index in [4.69, 9.17) is 0 Å². The number of nitrogens with one attached hydrogen (secondary N) is 1. The normalized spacial score (nSPS) is 18.5. The molecule has 1 aliphatic rings. The van der Waals surface area contributed by atoms with Gasteiger partial charge in [-0.2, -0.15) is 5.10 Å². The number of aromatic nitrogens is 2. The van der Waals surface area contributed by atoms with Crippen molar-refractivity contribution < 1.29 is 4.79 Å². The van der Waals surface area contributed by atoms with Crippen molar-refractivity contribution in [3.05, 3.63) is 46.2 Å². The summed E-state index contributed by atoms with van der Waals surface area (Å²) in [7, 11) is 0. The molecule has 2 heterocycles. The van der Waals surface area contributed by atoms with Crippen molar-refractivity contribution in [1.82, 2.24) is 20.0 Å². The second-order valence-electron chi connectivity index (χ2n) is 5.59. The summed E-state index contributed by atoms with van der Waals surface area (Å²) in [6.45, 7) is 6.42. The molecule has 0 unspecified atom stereocenters. The minimum absolute atomic E-state index is 0.0627. The molecule has 0 spiro atoms. The van der Waals surface area contributed by atoms with Crippen molar-refractivity contribution in [2.45, 2.75) is 19.9 Å². The second kappa shape index (κ2) is 6.22. The van der Waals surface area contributed by atoms with Gasteiger partial charge in [-0.1, -0.05) is 22.0 Å². The van der Waals surface area contributed by atoms with E-state index in [1.54, 1.807) is 6.20 Å². The number of hydrogen-bond donors (Lipinski definition) is 1. The van der Waals surface area contributed by atoms with Crippen molar-refractivity contribution in [1.29, 1.82) is 0 Å². The number of carbonyl (C=O) groups is 1. The Morgan fingerprint density at radius 3 is 3.00 bits per heavy atom. The third-order valence-electron chi connectivity index (χ3n) is 4.06. The van der Waals surface area contributed by atoms with Crippen molar-refractivity contribution in [2.24, 2.45) is 0 Å². The third-order valence-corrected chi connectivity index (χ3v) is 4.55. The van der Waals surface area contributed by atoms with Gasteiger partial charge in [0, 0.05) is 30.1 Å². The molecule has 1 fully saturated rings. The van der Waals surface area contributed by atoms with Gasteiger partial charge in [-0.05, 0) is 32.0 Å². The van der Waals surface area contributed by atoms with Crippen LogP contribution in [-0.4, -0.2) is 46.3 Å². The SMILES string of the molecule is Cc1c(C(=O)N2CCNC[C@H]2C)cnn1-c1cccc(Br)c1. The van der Waals surface area contributed by atoms with E-state index < -0.39 is 0 Å². The van der Waals surface area contributed by atoms with Gasteiger partial charge in [0.25, 0.3) is 5.91 Å². The average Bonchev–Trinajstić information content (AvgIpc) is 2.89. The first kappa shape index (κ1) is 15.2. The quantitative estimate of drug-likeness (QED) is 0.892. The Balaban J connectivity index is 1.91. The van der Waals surface area contributed by atoms with E-state index in [9.17, 15) is 4.79 Å². The van der Waals surface area contributed by atoms with E-state index in [0.717, 1.165) is 35.5 Å². The van der Waals surface area contributed by atoms with E-state index >= 15 is 0 Å². The van der Waals surface area contributed by atoms with Gasteiger partial charge in [-0.3, -0.25) is 4.79 Å². The Labute approximate surface area is 138 Å². The lowest BCUT2D eigenvalue weighted by Crippen LogP contribution is -2.52. The number of nitrogens with zero attached hydrogens (tertiary/aromatic N) is 3. The Morgan fingerprint density at radius 2 is 2.27 bits per heavy atom. The van der Waals surface area contributed by atoms with Crippen LogP contribution in [0, 0.1) is 6.92 Å². The van der Waals surface area contributed by atoms with Crippen molar-refractivity contribution in [3.63, 3.8) is 0 Å². The molecule has 5 nitrogen and oxygen atoms in total. The molecule has 1 aromatic carbocycles. The van der Waals surface area contributed by atoms with Crippen LogP contribution in [0.1, 0.15) is 23.0 Å². The van der Waals surface area contributed by atoms with Crippen LogP contribution in [0.4, 0.5) is 0 Å². The van der Waals surface area contributed by atoms with Crippen molar-refractivity contribution in [2.75, 3.05) is 19.6 Å². The molecule has 6 heteroatoms. The van der Waals surface area contributed by atoms with E-state index in [0.29, 0.717) is 5.56 Å². The van der Waals surface area contributed by atoms with Crippen molar-refractivity contribution >= 4 is 21.8 Å². The van der Waals surface area contributed by atoms with Gasteiger partial charge in [0.2, 0.25) is 0 Å². The molecule has 1 aromatic heterocycles. The molecule has 1 aliphatic heterocycles. The number of rotatable bonds is 2. The zero-order valence-electron chi connectivity index (χ0n) is 12.7. The standard InChI is InChI=1S/C16H19BrN4O/c1-11-9-18-6-7-20(11)16(22)15-10-19-21(12(15)2)14-5-3-4-13(17)8-14/h3-5,8,10-11,18H,6-7,9H2,1-2H3/t11-/m1/s1. The van der Waals surface area contributed by atoms with Crippen LogP contribution in [0.25, 0.3) is 5.69 Å². The zero-order chi connectivity index (χ0) is 15.7. The topological polar surface area (TPSA) is 50.2 Å². The number of carbonyl (C=O) groups excluding carboxylic acids is 1. The molecule has 0 saturated carbocycles. The number of halogens is 1. The molecule has 116 valence electrons. The second-order valence-corrected chi connectivity index (χ2v) is 6.50. The molecular weight excluding hydrogens is 344 g/mol. The van der Waals surface area contributed by atoms with Crippen LogP contribution in [-0.2, 0) is 0 Å². The van der Waals surface area contributed by atoms with E-state index in [1.165, 1.54) is 0 Å². The van der Waals surface area contributed by atoms with Gasteiger partial charge in [0.05, 0.1) is 23.1 Å². The Bertz CT molecular complexity index is 697. The number of hydrogen-bond acceptors (Lipinski definition) is 3. The van der Waals surface area contributed by atoms with Gasteiger partial charge in [0.1, 0.15) is 0 Å². The number of amides is 1. The van der Waals surface area contributed by atoms with Gasteiger partial charge in [-0.25, -0.2) is 4.68 Å². The lowest BCUT2D eigenvalue weighted by molar-refractivity contribution is 0.0655. The first-order valence-electron chi connectivity index (χ1n) is 7.40. The summed E-state index contributed by atoms with van der Waals surface area (Å²) < 4.78 is 2.80. The van der Waals surface area contributed by atoms with Gasteiger partial charge < -0.3 is 10.2 Å². The highest BCUT2D eigenvalue weighted by Gasteiger charge is 2.26. The van der Waals surface area contributed by atoms with Gasteiger partial charge in [0.15, 0.2) is 0 Å². The third kappa shape index (κ3) is 2.80. The summed E-state index contributed by atoms with van der Waals surface area (Å²) in [5.74, 6) is 0.0627. The summed E-state index contributed by atoms with van der Waals surface area (Å²) in [5.41, 5.74) is 2.49. The number of piperazine rings is 1. The lowest BCUT2D eigenvalue weighted by atomic mass is 10.1. The predicted molar refractivity (Wildman–Crippen MR) is 89.4 cm³/mol.